The summed E-state index contributed by atoms with van der Waals surface area (Å²) in [7, 11) is 0. The fourth-order valence-electron chi connectivity index (χ4n) is 2.64. The third kappa shape index (κ3) is 5.98. The highest BCUT2D eigenvalue weighted by molar-refractivity contribution is 6.18. The van der Waals surface area contributed by atoms with Crippen molar-refractivity contribution in [2.45, 2.75) is 53.9 Å². The smallest absolute Gasteiger partial charge is 0.0409 e. The van der Waals surface area contributed by atoms with Crippen LogP contribution in [0.3, 0.4) is 0 Å². The number of halogens is 1. The molecule has 0 aromatic rings. The molecule has 0 amide bonds. The van der Waals surface area contributed by atoms with Crippen molar-refractivity contribution in [1.82, 2.24) is 0 Å². The fraction of sp³-hybridized carbons (Fsp3) is 0.500. The maximum atomic E-state index is 5.66. The number of rotatable bonds is 3. The van der Waals surface area contributed by atoms with Crippen LogP contribution in [-0.4, -0.2) is 5.88 Å². The Morgan fingerprint density at radius 3 is 2.67 bits per heavy atom. The van der Waals surface area contributed by atoms with Crippen molar-refractivity contribution in [3.05, 3.63) is 46.6 Å². The van der Waals surface area contributed by atoms with Crippen LogP contribution in [0.5, 0.6) is 0 Å². The predicted octanol–water partition coefficient (Wildman–Crippen LogP) is 6.20. The largest absolute Gasteiger partial charge is 0.122 e. The summed E-state index contributed by atoms with van der Waals surface area (Å²) in [5, 5.41) is 0. The molecule has 1 aliphatic rings. The standard InChI is InChI=1S/C20H27Cl/c1-16(8-6-9-17(2)13-15-21)11-12-19-18(3)10-7-14-20(19,4)5/h6,8-9,13H,7,10,14-15H2,1-5H3. The summed E-state index contributed by atoms with van der Waals surface area (Å²) in [6, 6.07) is 0. The second-order valence-corrected chi connectivity index (χ2v) is 6.76. The van der Waals surface area contributed by atoms with Gasteiger partial charge in [0, 0.05) is 11.5 Å². The third-order valence-corrected chi connectivity index (χ3v) is 4.10. The zero-order valence-electron chi connectivity index (χ0n) is 14.0. The molecule has 0 atom stereocenters. The molecule has 114 valence electrons. The molecule has 21 heavy (non-hydrogen) atoms. The topological polar surface area (TPSA) is 0 Å². The van der Waals surface area contributed by atoms with Crippen LogP contribution < -0.4 is 0 Å². The zero-order valence-corrected chi connectivity index (χ0v) is 14.8. The van der Waals surface area contributed by atoms with Crippen molar-refractivity contribution in [1.29, 1.82) is 0 Å². The number of allylic oxidation sites excluding steroid dienone is 8. The molecule has 0 heterocycles. The Morgan fingerprint density at radius 2 is 2.05 bits per heavy atom. The van der Waals surface area contributed by atoms with Crippen molar-refractivity contribution >= 4 is 11.6 Å². The van der Waals surface area contributed by atoms with Crippen molar-refractivity contribution < 1.29 is 0 Å². The Morgan fingerprint density at radius 1 is 1.33 bits per heavy atom. The molecule has 0 bridgehead atoms. The minimum Gasteiger partial charge on any atom is -0.122 e. The van der Waals surface area contributed by atoms with Gasteiger partial charge in [-0.3, -0.25) is 0 Å². The van der Waals surface area contributed by atoms with Crippen molar-refractivity contribution in [3.8, 4) is 11.8 Å². The van der Waals surface area contributed by atoms with Crippen LogP contribution in [0.25, 0.3) is 0 Å². The van der Waals surface area contributed by atoms with E-state index in [9.17, 15) is 0 Å². The average Bonchev–Trinajstić information content (AvgIpc) is 2.37. The van der Waals surface area contributed by atoms with Crippen molar-refractivity contribution in [2.24, 2.45) is 5.41 Å². The number of hydrogen-bond donors (Lipinski definition) is 0. The van der Waals surface area contributed by atoms with Crippen LogP contribution in [0.1, 0.15) is 53.9 Å². The van der Waals surface area contributed by atoms with Gasteiger partial charge in [-0.15, -0.1) is 11.6 Å². The summed E-state index contributed by atoms with van der Waals surface area (Å²) in [5.74, 6) is 7.27. The lowest BCUT2D eigenvalue weighted by Gasteiger charge is -2.31. The van der Waals surface area contributed by atoms with Crippen LogP contribution in [0.15, 0.2) is 46.6 Å². The molecule has 0 spiro atoms. The Hall–Kier alpha value is -1.19. The Labute approximate surface area is 135 Å². The third-order valence-electron chi connectivity index (χ3n) is 3.95. The predicted molar refractivity (Wildman–Crippen MR) is 95.5 cm³/mol. The van der Waals surface area contributed by atoms with E-state index in [-0.39, 0.29) is 5.41 Å². The molecular formula is C20H27Cl. The lowest BCUT2D eigenvalue weighted by atomic mass is 9.73. The first kappa shape index (κ1) is 17.9. The monoisotopic (exact) mass is 302 g/mol. The highest BCUT2D eigenvalue weighted by atomic mass is 35.5. The summed E-state index contributed by atoms with van der Waals surface area (Å²) in [6.07, 6.45) is 11.9. The Bertz CT molecular complexity index is 542. The number of alkyl halides is 1. The summed E-state index contributed by atoms with van der Waals surface area (Å²) in [5.41, 5.74) is 5.29. The van der Waals surface area contributed by atoms with Gasteiger partial charge in [-0.05, 0) is 51.0 Å². The molecule has 1 aliphatic carbocycles. The maximum Gasteiger partial charge on any atom is 0.0409 e. The first-order valence-electron chi connectivity index (χ1n) is 7.67. The van der Waals surface area contributed by atoms with E-state index in [0.29, 0.717) is 5.88 Å². The van der Waals surface area contributed by atoms with Crippen molar-refractivity contribution in [2.75, 3.05) is 5.88 Å². The second kappa shape index (κ2) is 8.30. The van der Waals surface area contributed by atoms with Crippen LogP contribution in [0, 0.1) is 17.3 Å². The van der Waals surface area contributed by atoms with E-state index in [4.69, 9.17) is 11.6 Å². The summed E-state index contributed by atoms with van der Waals surface area (Å²) in [6.45, 7) is 10.9. The van der Waals surface area contributed by atoms with Gasteiger partial charge < -0.3 is 0 Å². The van der Waals surface area contributed by atoms with Gasteiger partial charge in [-0.1, -0.05) is 61.1 Å². The first-order valence-corrected chi connectivity index (χ1v) is 8.20. The molecule has 0 saturated heterocycles. The van der Waals surface area contributed by atoms with E-state index in [2.05, 4.69) is 51.7 Å². The van der Waals surface area contributed by atoms with Gasteiger partial charge >= 0.3 is 0 Å². The van der Waals surface area contributed by atoms with Gasteiger partial charge in [-0.2, -0.15) is 0 Å². The van der Waals surface area contributed by atoms with Gasteiger partial charge in [0.1, 0.15) is 0 Å². The van der Waals surface area contributed by atoms with Gasteiger partial charge in [-0.25, -0.2) is 0 Å². The maximum absolute atomic E-state index is 5.66. The van der Waals surface area contributed by atoms with E-state index >= 15 is 0 Å². The van der Waals surface area contributed by atoms with Crippen LogP contribution in [0.2, 0.25) is 0 Å². The quantitative estimate of drug-likeness (QED) is 0.330. The van der Waals surface area contributed by atoms with Crippen LogP contribution in [0.4, 0.5) is 0 Å². The highest BCUT2D eigenvalue weighted by Gasteiger charge is 2.27. The highest BCUT2D eigenvalue weighted by Crippen LogP contribution is 2.39. The minimum atomic E-state index is 0.227. The van der Waals surface area contributed by atoms with Gasteiger partial charge in [0.15, 0.2) is 0 Å². The van der Waals surface area contributed by atoms with E-state index in [1.165, 1.54) is 36.0 Å². The molecule has 0 unspecified atom stereocenters. The summed E-state index contributed by atoms with van der Waals surface area (Å²) >= 11 is 5.66. The number of hydrogen-bond acceptors (Lipinski definition) is 0. The summed E-state index contributed by atoms with van der Waals surface area (Å²) < 4.78 is 0. The minimum absolute atomic E-state index is 0.227. The molecule has 1 heteroatoms. The van der Waals surface area contributed by atoms with Gasteiger partial charge in [0.05, 0.1) is 0 Å². The van der Waals surface area contributed by atoms with Gasteiger partial charge in [0.25, 0.3) is 0 Å². The molecular weight excluding hydrogens is 276 g/mol. The van der Waals surface area contributed by atoms with Crippen LogP contribution >= 0.6 is 11.6 Å². The molecule has 0 aromatic heterocycles. The second-order valence-electron chi connectivity index (χ2n) is 6.45. The molecule has 0 aliphatic heterocycles. The molecule has 1 rings (SSSR count). The van der Waals surface area contributed by atoms with E-state index < -0.39 is 0 Å². The molecule has 0 saturated carbocycles. The average molecular weight is 303 g/mol. The van der Waals surface area contributed by atoms with Gasteiger partial charge in [0.2, 0.25) is 0 Å². The zero-order chi connectivity index (χ0) is 15.9. The van der Waals surface area contributed by atoms with Crippen LogP contribution in [-0.2, 0) is 0 Å². The van der Waals surface area contributed by atoms with E-state index in [1.54, 1.807) is 0 Å². The SMILES string of the molecule is CC(C#CC1=C(C)CCCC1(C)C)=CC=CC(C)=CCCl. The lowest BCUT2D eigenvalue weighted by Crippen LogP contribution is -2.19. The van der Waals surface area contributed by atoms with E-state index in [0.717, 1.165) is 5.57 Å². The Balaban J connectivity index is 2.84. The molecule has 0 radical (unpaired) electrons. The molecule has 0 N–H and O–H groups in total. The first-order chi connectivity index (χ1) is 9.86. The molecule has 0 nitrogen and oxygen atoms in total. The normalized spacial score (nSPS) is 19.7. The van der Waals surface area contributed by atoms with Crippen molar-refractivity contribution in [3.63, 3.8) is 0 Å². The molecule has 0 fully saturated rings. The fourth-order valence-corrected chi connectivity index (χ4v) is 2.88. The van der Waals surface area contributed by atoms with E-state index in [1.807, 2.05) is 19.1 Å². The lowest BCUT2D eigenvalue weighted by molar-refractivity contribution is 0.380. The summed E-state index contributed by atoms with van der Waals surface area (Å²) in [4.78, 5) is 0. The molecule has 0 aromatic carbocycles. The Kier molecular flexibility index (Phi) is 7.06.